The van der Waals surface area contributed by atoms with E-state index in [9.17, 15) is 17.2 Å². The van der Waals surface area contributed by atoms with Gasteiger partial charge in [-0.05, 0) is 24.3 Å². The SMILES string of the molecule is O=S(=O)(c1ccc(Br)cc1)C1CC(F)(F)C1. The van der Waals surface area contributed by atoms with Gasteiger partial charge in [0.05, 0.1) is 10.1 Å². The maximum Gasteiger partial charge on any atom is 0.250 e. The highest BCUT2D eigenvalue weighted by molar-refractivity contribution is 9.10. The molecule has 0 bridgehead atoms. The molecule has 0 heterocycles. The summed E-state index contributed by atoms with van der Waals surface area (Å²) in [5.74, 6) is -2.81. The van der Waals surface area contributed by atoms with Crippen molar-refractivity contribution in [3.8, 4) is 0 Å². The molecule has 0 atom stereocenters. The molecule has 1 aliphatic carbocycles. The van der Waals surface area contributed by atoms with Crippen molar-refractivity contribution >= 4 is 25.8 Å². The van der Waals surface area contributed by atoms with Gasteiger partial charge in [0, 0.05) is 17.3 Å². The topological polar surface area (TPSA) is 34.1 Å². The van der Waals surface area contributed by atoms with Crippen LogP contribution in [0.1, 0.15) is 12.8 Å². The van der Waals surface area contributed by atoms with Gasteiger partial charge >= 0.3 is 0 Å². The van der Waals surface area contributed by atoms with Crippen molar-refractivity contribution < 1.29 is 17.2 Å². The summed E-state index contributed by atoms with van der Waals surface area (Å²) in [7, 11) is -3.59. The van der Waals surface area contributed by atoms with Crippen LogP contribution in [0.25, 0.3) is 0 Å². The number of hydrogen-bond acceptors (Lipinski definition) is 2. The van der Waals surface area contributed by atoms with Crippen molar-refractivity contribution in [2.24, 2.45) is 0 Å². The molecular formula is C10H9BrF2O2S. The molecule has 0 radical (unpaired) electrons. The van der Waals surface area contributed by atoms with E-state index in [0.717, 1.165) is 4.47 Å². The van der Waals surface area contributed by atoms with Crippen LogP contribution in [0.4, 0.5) is 8.78 Å². The van der Waals surface area contributed by atoms with E-state index in [1.54, 1.807) is 12.1 Å². The monoisotopic (exact) mass is 310 g/mol. The number of benzene rings is 1. The second kappa shape index (κ2) is 3.77. The molecule has 1 saturated carbocycles. The van der Waals surface area contributed by atoms with Gasteiger partial charge in [0.15, 0.2) is 9.84 Å². The Kier molecular flexibility index (Phi) is 2.82. The Morgan fingerprint density at radius 1 is 1.19 bits per heavy atom. The first kappa shape index (κ1) is 12.0. The van der Waals surface area contributed by atoms with Crippen LogP contribution in [0.15, 0.2) is 33.6 Å². The number of alkyl halides is 2. The third kappa shape index (κ3) is 2.13. The quantitative estimate of drug-likeness (QED) is 0.841. The maximum absolute atomic E-state index is 12.6. The molecule has 1 fully saturated rings. The van der Waals surface area contributed by atoms with Gasteiger partial charge in [-0.15, -0.1) is 0 Å². The van der Waals surface area contributed by atoms with Crippen molar-refractivity contribution in [2.75, 3.05) is 0 Å². The molecule has 0 aromatic heterocycles. The number of hydrogen-bond donors (Lipinski definition) is 0. The van der Waals surface area contributed by atoms with Crippen LogP contribution in [-0.2, 0) is 9.84 Å². The average Bonchev–Trinajstić information content (AvgIpc) is 2.14. The first-order valence-corrected chi connectivity index (χ1v) is 7.02. The van der Waals surface area contributed by atoms with Crippen molar-refractivity contribution in [3.05, 3.63) is 28.7 Å². The summed E-state index contributed by atoms with van der Waals surface area (Å²) in [6.07, 6.45) is -1.13. The molecule has 1 aromatic rings. The van der Waals surface area contributed by atoms with Crippen LogP contribution in [0.5, 0.6) is 0 Å². The third-order valence-electron chi connectivity index (χ3n) is 2.63. The Labute approximate surface area is 101 Å². The Hall–Kier alpha value is -0.490. The van der Waals surface area contributed by atoms with Gasteiger partial charge in [-0.25, -0.2) is 17.2 Å². The van der Waals surface area contributed by atoms with Crippen molar-refractivity contribution in [1.82, 2.24) is 0 Å². The molecule has 0 spiro atoms. The lowest BCUT2D eigenvalue weighted by Crippen LogP contribution is -2.44. The van der Waals surface area contributed by atoms with Crippen LogP contribution in [0.2, 0.25) is 0 Å². The summed E-state index contributed by atoms with van der Waals surface area (Å²) in [6.45, 7) is 0. The smallest absolute Gasteiger partial charge is 0.223 e. The van der Waals surface area contributed by atoms with E-state index in [4.69, 9.17) is 0 Å². The molecule has 0 N–H and O–H groups in total. The normalized spacial score (nSPS) is 20.4. The van der Waals surface area contributed by atoms with Gasteiger partial charge in [0.2, 0.25) is 0 Å². The predicted octanol–water partition coefficient (Wildman–Crippen LogP) is 3.02. The fourth-order valence-corrected chi connectivity index (χ4v) is 3.73. The Morgan fingerprint density at radius 2 is 1.69 bits per heavy atom. The van der Waals surface area contributed by atoms with Gasteiger partial charge in [0.1, 0.15) is 0 Å². The molecule has 0 amide bonds. The lowest BCUT2D eigenvalue weighted by Gasteiger charge is -2.34. The molecule has 1 aliphatic rings. The van der Waals surface area contributed by atoms with Gasteiger partial charge in [-0.2, -0.15) is 0 Å². The summed E-state index contributed by atoms with van der Waals surface area (Å²) < 4.78 is 49.7. The van der Waals surface area contributed by atoms with Crippen LogP contribution in [-0.4, -0.2) is 19.6 Å². The van der Waals surface area contributed by atoms with Crippen LogP contribution in [0.3, 0.4) is 0 Å². The number of sulfone groups is 1. The van der Waals surface area contributed by atoms with Gasteiger partial charge in [-0.3, -0.25) is 0 Å². The highest BCUT2D eigenvalue weighted by atomic mass is 79.9. The van der Waals surface area contributed by atoms with Crippen molar-refractivity contribution in [2.45, 2.75) is 28.9 Å². The zero-order chi connectivity index (χ0) is 12.0. The standard InChI is InChI=1S/C10H9BrF2O2S/c11-7-1-3-8(4-2-7)16(14,15)9-5-10(12,13)6-9/h1-4,9H,5-6H2. The number of rotatable bonds is 2. The Balaban J connectivity index is 2.24. The third-order valence-corrected chi connectivity index (χ3v) is 5.30. The van der Waals surface area contributed by atoms with Crippen LogP contribution < -0.4 is 0 Å². The first-order valence-electron chi connectivity index (χ1n) is 4.69. The Morgan fingerprint density at radius 3 is 2.12 bits per heavy atom. The number of halogens is 3. The molecule has 0 aliphatic heterocycles. The van der Waals surface area contributed by atoms with E-state index in [0.29, 0.717) is 0 Å². The minimum atomic E-state index is -3.59. The summed E-state index contributed by atoms with van der Waals surface area (Å²) in [4.78, 5) is 0.108. The second-order valence-electron chi connectivity index (χ2n) is 3.89. The lowest BCUT2D eigenvalue weighted by atomic mass is 9.94. The summed E-state index contributed by atoms with van der Waals surface area (Å²) >= 11 is 3.18. The average molecular weight is 311 g/mol. The zero-order valence-corrected chi connectivity index (χ0v) is 10.6. The van der Waals surface area contributed by atoms with E-state index >= 15 is 0 Å². The highest BCUT2D eigenvalue weighted by Gasteiger charge is 2.51. The van der Waals surface area contributed by atoms with Crippen molar-refractivity contribution in [1.29, 1.82) is 0 Å². The maximum atomic E-state index is 12.6. The minimum absolute atomic E-state index is 0.108. The molecule has 88 valence electrons. The zero-order valence-electron chi connectivity index (χ0n) is 8.16. The van der Waals surface area contributed by atoms with E-state index in [2.05, 4.69) is 15.9 Å². The fourth-order valence-electron chi connectivity index (χ4n) is 1.64. The summed E-state index contributed by atoms with van der Waals surface area (Å²) in [6, 6.07) is 6.03. The highest BCUT2D eigenvalue weighted by Crippen LogP contribution is 2.43. The molecular weight excluding hydrogens is 302 g/mol. The van der Waals surface area contributed by atoms with Gasteiger partial charge in [-0.1, -0.05) is 15.9 Å². The molecule has 1 aromatic carbocycles. The predicted molar refractivity (Wildman–Crippen MR) is 59.3 cm³/mol. The van der Waals surface area contributed by atoms with Gasteiger partial charge < -0.3 is 0 Å². The Bertz CT molecular complexity index is 488. The second-order valence-corrected chi connectivity index (χ2v) is 7.03. The van der Waals surface area contributed by atoms with Crippen LogP contribution >= 0.6 is 15.9 Å². The van der Waals surface area contributed by atoms with E-state index in [-0.39, 0.29) is 4.90 Å². The van der Waals surface area contributed by atoms with E-state index in [1.165, 1.54) is 12.1 Å². The molecule has 2 nitrogen and oxygen atoms in total. The molecule has 0 saturated heterocycles. The molecule has 0 unspecified atom stereocenters. The molecule has 6 heteroatoms. The summed E-state index contributed by atoms with van der Waals surface area (Å²) in [5, 5.41) is -0.941. The molecule has 2 rings (SSSR count). The molecule has 16 heavy (non-hydrogen) atoms. The van der Waals surface area contributed by atoms with Crippen LogP contribution in [0, 0.1) is 0 Å². The van der Waals surface area contributed by atoms with Gasteiger partial charge in [0.25, 0.3) is 5.92 Å². The first-order chi connectivity index (χ1) is 7.31. The van der Waals surface area contributed by atoms with Crippen molar-refractivity contribution in [3.63, 3.8) is 0 Å². The fraction of sp³-hybridized carbons (Fsp3) is 0.400. The summed E-state index contributed by atoms with van der Waals surface area (Å²) in [5.41, 5.74) is 0. The minimum Gasteiger partial charge on any atom is -0.223 e. The largest absolute Gasteiger partial charge is 0.250 e. The van der Waals surface area contributed by atoms with E-state index < -0.39 is 33.9 Å². The lowest BCUT2D eigenvalue weighted by molar-refractivity contribution is -0.0685. The van der Waals surface area contributed by atoms with E-state index in [1.807, 2.05) is 0 Å².